The standard InChI is InChI=1S/C15H15FN2O/c1-2-10-7-14-11(8-12(10)16)13(17-15(19)18-14)6-5-9-3-4-9/h7-9,13H,2-4H2,1H3,(H2,17,18,19). The molecule has 1 heterocycles. The average Bonchev–Trinajstić information content (AvgIpc) is 3.20. The first-order chi connectivity index (χ1) is 9.17. The number of nitrogens with one attached hydrogen (secondary N) is 2. The fourth-order valence-electron chi connectivity index (χ4n) is 2.16. The molecule has 0 spiro atoms. The number of halogens is 1. The zero-order valence-electron chi connectivity index (χ0n) is 10.7. The number of fused-ring (bicyclic) bond motifs is 1. The fraction of sp³-hybridized carbons (Fsp3) is 0.400. The first-order valence-corrected chi connectivity index (χ1v) is 6.58. The van der Waals surface area contributed by atoms with E-state index >= 15 is 0 Å². The highest BCUT2D eigenvalue weighted by Crippen LogP contribution is 2.31. The van der Waals surface area contributed by atoms with E-state index in [1.54, 1.807) is 6.07 Å². The minimum atomic E-state index is -0.412. The van der Waals surface area contributed by atoms with Crippen LogP contribution in [0.4, 0.5) is 14.9 Å². The molecular formula is C15H15FN2O. The van der Waals surface area contributed by atoms with E-state index in [4.69, 9.17) is 0 Å². The van der Waals surface area contributed by atoms with E-state index in [1.165, 1.54) is 6.07 Å². The van der Waals surface area contributed by atoms with Crippen LogP contribution >= 0.6 is 0 Å². The molecular weight excluding hydrogens is 243 g/mol. The molecule has 3 nitrogen and oxygen atoms in total. The predicted octanol–water partition coefficient (Wildman–Crippen LogP) is 2.98. The summed E-state index contributed by atoms with van der Waals surface area (Å²) in [5.41, 5.74) is 1.98. The molecule has 0 saturated heterocycles. The third-order valence-corrected chi connectivity index (χ3v) is 3.44. The topological polar surface area (TPSA) is 41.1 Å². The summed E-state index contributed by atoms with van der Waals surface area (Å²) in [6.07, 6.45) is 2.85. The van der Waals surface area contributed by atoms with E-state index in [0.717, 1.165) is 12.8 Å². The SMILES string of the molecule is CCc1cc2c(cc1F)C(C#CC1CC1)NC(=O)N2. The summed E-state index contributed by atoms with van der Waals surface area (Å²) in [7, 11) is 0. The number of carbonyl (C=O) groups excluding carboxylic acids is 1. The quantitative estimate of drug-likeness (QED) is 0.747. The first kappa shape index (κ1) is 12.0. The van der Waals surface area contributed by atoms with Gasteiger partial charge in [0.15, 0.2) is 0 Å². The van der Waals surface area contributed by atoms with Gasteiger partial charge in [-0.1, -0.05) is 18.8 Å². The lowest BCUT2D eigenvalue weighted by Crippen LogP contribution is -2.37. The van der Waals surface area contributed by atoms with E-state index in [2.05, 4.69) is 22.5 Å². The molecule has 0 bridgehead atoms. The van der Waals surface area contributed by atoms with Crippen LogP contribution in [0, 0.1) is 23.6 Å². The molecule has 1 aliphatic carbocycles. The van der Waals surface area contributed by atoms with Crippen LogP contribution in [0.1, 0.15) is 36.9 Å². The predicted molar refractivity (Wildman–Crippen MR) is 71.2 cm³/mol. The van der Waals surface area contributed by atoms with E-state index in [0.29, 0.717) is 29.2 Å². The van der Waals surface area contributed by atoms with E-state index in [-0.39, 0.29) is 11.8 Å². The van der Waals surface area contributed by atoms with Gasteiger partial charge in [-0.15, -0.1) is 0 Å². The Bertz CT molecular complexity index is 596. The third-order valence-electron chi connectivity index (χ3n) is 3.44. The summed E-state index contributed by atoms with van der Waals surface area (Å²) in [4.78, 5) is 11.6. The van der Waals surface area contributed by atoms with E-state index < -0.39 is 6.04 Å². The van der Waals surface area contributed by atoms with Crippen molar-refractivity contribution in [3.63, 3.8) is 0 Å². The zero-order chi connectivity index (χ0) is 13.4. The minimum absolute atomic E-state index is 0.238. The Labute approximate surface area is 111 Å². The van der Waals surface area contributed by atoms with Gasteiger partial charge >= 0.3 is 6.03 Å². The van der Waals surface area contributed by atoms with Crippen molar-refractivity contribution in [2.24, 2.45) is 5.92 Å². The highest BCUT2D eigenvalue weighted by atomic mass is 19.1. The molecule has 3 rings (SSSR count). The smallest absolute Gasteiger partial charge is 0.320 e. The number of aryl methyl sites for hydroxylation is 1. The van der Waals surface area contributed by atoms with Crippen LogP contribution in [0.3, 0.4) is 0 Å². The molecule has 0 aromatic heterocycles. The summed E-state index contributed by atoms with van der Waals surface area (Å²) in [6, 6.07) is 2.49. The second kappa shape index (κ2) is 4.58. The van der Waals surface area contributed by atoms with Crippen molar-refractivity contribution in [3.05, 3.63) is 29.1 Å². The molecule has 1 aliphatic heterocycles. The maximum absolute atomic E-state index is 13.9. The van der Waals surface area contributed by atoms with Gasteiger partial charge in [0.05, 0.1) is 0 Å². The zero-order valence-corrected chi connectivity index (χ0v) is 10.7. The molecule has 1 atom stereocenters. The van der Waals surface area contributed by atoms with Crippen LogP contribution in [0.2, 0.25) is 0 Å². The Hall–Kier alpha value is -2.02. The summed E-state index contributed by atoms with van der Waals surface area (Å²) in [6.45, 7) is 1.89. The lowest BCUT2D eigenvalue weighted by molar-refractivity contribution is 0.249. The van der Waals surface area contributed by atoms with Crippen LogP contribution in [-0.2, 0) is 6.42 Å². The lowest BCUT2D eigenvalue weighted by Gasteiger charge is -2.24. The monoisotopic (exact) mass is 258 g/mol. The minimum Gasteiger partial charge on any atom is -0.320 e. The van der Waals surface area contributed by atoms with Gasteiger partial charge in [-0.2, -0.15) is 0 Å². The second-order valence-corrected chi connectivity index (χ2v) is 4.98. The Morgan fingerprint density at radius 3 is 2.84 bits per heavy atom. The molecule has 2 amide bonds. The van der Waals surface area contributed by atoms with Crippen LogP contribution < -0.4 is 10.6 Å². The summed E-state index contributed by atoms with van der Waals surface area (Å²) < 4.78 is 13.9. The van der Waals surface area contributed by atoms with Gasteiger partial charge < -0.3 is 10.6 Å². The Kier molecular flexibility index (Phi) is 2.90. The summed E-state index contributed by atoms with van der Waals surface area (Å²) >= 11 is 0. The first-order valence-electron chi connectivity index (χ1n) is 6.58. The number of hydrogen-bond donors (Lipinski definition) is 2. The number of amides is 2. The Morgan fingerprint density at radius 2 is 2.16 bits per heavy atom. The van der Waals surface area contributed by atoms with Crippen LogP contribution in [0.25, 0.3) is 0 Å². The molecule has 1 aromatic rings. The van der Waals surface area contributed by atoms with Crippen molar-refractivity contribution in [2.75, 3.05) is 5.32 Å². The average molecular weight is 258 g/mol. The van der Waals surface area contributed by atoms with Crippen molar-refractivity contribution < 1.29 is 9.18 Å². The van der Waals surface area contributed by atoms with Crippen molar-refractivity contribution in [2.45, 2.75) is 32.2 Å². The molecule has 2 N–H and O–H groups in total. The highest BCUT2D eigenvalue weighted by Gasteiger charge is 2.25. The number of benzene rings is 1. The van der Waals surface area contributed by atoms with Crippen molar-refractivity contribution >= 4 is 11.7 Å². The van der Waals surface area contributed by atoms with Crippen molar-refractivity contribution in [1.82, 2.24) is 5.32 Å². The Balaban J connectivity index is 2.00. The number of anilines is 1. The van der Waals surface area contributed by atoms with E-state index in [9.17, 15) is 9.18 Å². The van der Waals surface area contributed by atoms with E-state index in [1.807, 2.05) is 6.92 Å². The van der Waals surface area contributed by atoms with Crippen molar-refractivity contribution in [1.29, 1.82) is 0 Å². The van der Waals surface area contributed by atoms with Crippen LogP contribution in [0.15, 0.2) is 12.1 Å². The highest BCUT2D eigenvalue weighted by molar-refractivity contribution is 5.93. The molecule has 0 radical (unpaired) electrons. The maximum atomic E-state index is 13.9. The largest absolute Gasteiger partial charge is 0.320 e. The van der Waals surface area contributed by atoms with Gasteiger partial charge in [0, 0.05) is 17.2 Å². The molecule has 4 heteroatoms. The number of urea groups is 1. The van der Waals surface area contributed by atoms with Gasteiger partial charge in [-0.05, 0) is 37.0 Å². The number of carbonyl (C=O) groups is 1. The second-order valence-electron chi connectivity index (χ2n) is 4.98. The molecule has 1 aromatic carbocycles. The number of rotatable bonds is 1. The molecule has 98 valence electrons. The molecule has 2 aliphatic rings. The normalized spacial score (nSPS) is 20.7. The van der Waals surface area contributed by atoms with Gasteiger partial charge in [-0.3, -0.25) is 0 Å². The van der Waals surface area contributed by atoms with Crippen LogP contribution in [0.5, 0.6) is 0 Å². The van der Waals surface area contributed by atoms with Crippen molar-refractivity contribution in [3.8, 4) is 11.8 Å². The van der Waals surface area contributed by atoms with Gasteiger partial charge in [0.2, 0.25) is 0 Å². The number of hydrogen-bond acceptors (Lipinski definition) is 1. The van der Waals surface area contributed by atoms with Crippen LogP contribution in [-0.4, -0.2) is 6.03 Å². The summed E-state index contributed by atoms with van der Waals surface area (Å²) in [5, 5.41) is 5.44. The molecule has 19 heavy (non-hydrogen) atoms. The third kappa shape index (κ3) is 2.41. The molecule has 1 saturated carbocycles. The van der Waals surface area contributed by atoms with Gasteiger partial charge in [0.1, 0.15) is 11.9 Å². The maximum Gasteiger partial charge on any atom is 0.320 e. The van der Waals surface area contributed by atoms with Gasteiger partial charge in [0.25, 0.3) is 0 Å². The summed E-state index contributed by atoms with van der Waals surface area (Å²) in [5.74, 6) is 6.38. The molecule has 1 unspecified atom stereocenters. The lowest BCUT2D eigenvalue weighted by atomic mass is 9.99. The van der Waals surface area contributed by atoms with Gasteiger partial charge in [-0.25, -0.2) is 9.18 Å². The molecule has 1 fully saturated rings. The Morgan fingerprint density at radius 1 is 1.37 bits per heavy atom. The fourth-order valence-corrected chi connectivity index (χ4v) is 2.16.